The molecule has 2 unspecified atom stereocenters. The summed E-state index contributed by atoms with van der Waals surface area (Å²) in [4.78, 5) is 2.57. The molecule has 0 aromatic rings. The Labute approximate surface area is 133 Å². The second-order valence-corrected chi connectivity index (χ2v) is 7.99. The van der Waals surface area contributed by atoms with Crippen molar-refractivity contribution in [2.24, 2.45) is 17.3 Å². The number of hydrogen-bond donors (Lipinski definition) is 0. The van der Waals surface area contributed by atoms with Crippen molar-refractivity contribution in [1.29, 1.82) is 0 Å². The van der Waals surface area contributed by atoms with E-state index in [2.05, 4.69) is 59.1 Å². The summed E-state index contributed by atoms with van der Waals surface area (Å²) in [5.74, 6) is 1.58. The smallest absolute Gasteiger partial charge is 0.0208 e. The van der Waals surface area contributed by atoms with E-state index in [9.17, 15) is 0 Å². The molecule has 0 aromatic heterocycles. The van der Waals surface area contributed by atoms with Gasteiger partial charge in [-0.1, -0.05) is 45.9 Å². The highest BCUT2D eigenvalue weighted by Crippen LogP contribution is 2.56. The summed E-state index contributed by atoms with van der Waals surface area (Å²) in [5.41, 5.74) is 3.38. The van der Waals surface area contributed by atoms with Gasteiger partial charge in [-0.3, -0.25) is 0 Å². The second-order valence-electron chi connectivity index (χ2n) is 7.99. The van der Waals surface area contributed by atoms with Gasteiger partial charge >= 0.3 is 0 Å². The summed E-state index contributed by atoms with van der Waals surface area (Å²) in [6, 6.07) is 0. The minimum Gasteiger partial charge on any atom is -0.375 e. The Morgan fingerprint density at radius 1 is 1.38 bits per heavy atom. The fourth-order valence-electron chi connectivity index (χ4n) is 3.30. The SMILES string of the molecule is C=C(CC(C)C)N(CCC)CC1CC1(C)CCC=C(C)C. The van der Waals surface area contributed by atoms with Crippen LogP contribution in [0.15, 0.2) is 23.9 Å². The van der Waals surface area contributed by atoms with E-state index in [0.717, 1.165) is 12.3 Å². The second kappa shape index (κ2) is 8.06. The third-order valence-corrected chi connectivity index (χ3v) is 4.83. The van der Waals surface area contributed by atoms with Crippen LogP contribution >= 0.6 is 0 Å². The van der Waals surface area contributed by atoms with Crippen molar-refractivity contribution in [3.8, 4) is 0 Å². The monoisotopic (exact) mass is 291 g/mol. The Hall–Kier alpha value is -0.720. The van der Waals surface area contributed by atoms with Gasteiger partial charge in [-0.25, -0.2) is 0 Å². The van der Waals surface area contributed by atoms with Crippen molar-refractivity contribution in [1.82, 2.24) is 4.90 Å². The zero-order chi connectivity index (χ0) is 16.0. The van der Waals surface area contributed by atoms with E-state index in [1.54, 1.807) is 0 Å². The van der Waals surface area contributed by atoms with Crippen LogP contribution in [0.5, 0.6) is 0 Å². The molecule has 21 heavy (non-hydrogen) atoms. The van der Waals surface area contributed by atoms with Crippen LogP contribution in [0.2, 0.25) is 0 Å². The molecule has 0 heterocycles. The van der Waals surface area contributed by atoms with Crippen molar-refractivity contribution in [3.63, 3.8) is 0 Å². The molecule has 1 saturated carbocycles. The third kappa shape index (κ3) is 6.28. The highest BCUT2D eigenvalue weighted by Gasteiger charge is 2.49. The van der Waals surface area contributed by atoms with E-state index >= 15 is 0 Å². The fourth-order valence-corrected chi connectivity index (χ4v) is 3.30. The summed E-state index contributed by atoms with van der Waals surface area (Å²) in [6.45, 7) is 20.5. The lowest BCUT2D eigenvalue weighted by atomic mass is 9.98. The first-order chi connectivity index (χ1) is 9.78. The van der Waals surface area contributed by atoms with Gasteiger partial charge in [0.25, 0.3) is 0 Å². The molecule has 0 aliphatic heterocycles. The molecule has 1 fully saturated rings. The third-order valence-electron chi connectivity index (χ3n) is 4.83. The van der Waals surface area contributed by atoms with Gasteiger partial charge in [0.15, 0.2) is 0 Å². The van der Waals surface area contributed by atoms with Crippen molar-refractivity contribution in [3.05, 3.63) is 23.9 Å². The first-order valence-electron chi connectivity index (χ1n) is 8.84. The molecule has 1 heteroatoms. The Kier molecular flexibility index (Phi) is 7.03. The van der Waals surface area contributed by atoms with E-state index in [1.807, 2.05) is 0 Å². The molecule has 1 aliphatic carbocycles. The summed E-state index contributed by atoms with van der Waals surface area (Å²) < 4.78 is 0. The van der Waals surface area contributed by atoms with Gasteiger partial charge in [-0.15, -0.1) is 0 Å². The zero-order valence-corrected chi connectivity index (χ0v) is 15.3. The Balaban J connectivity index is 2.46. The maximum atomic E-state index is 4.34. The van der Waals surface area contributed by atoms with Crippen LogP contribution in [-0.4, -0.2) is 18.0 Å². The maximum Gasteiger partial charge on any atom is 0.0208 e. The Morgan fingerprint density at radius 3 is 2.57 bits per heavy atom. The largest absolute Gasteiger partial charge is 0.375 e. The van der Waals surface area contributed by atoms with E-state index in [-0.39, 0.29) is 0 Å². The van der Waals surface area contributed by atoms with Crippen LogP contribution in [0.4, 0.5) is 0 Å². The van der Waals surface area contributed by atoms with Gasteiger partial charge in [-0.2, -0.15) is 0 Å². The molecule has 2 atom stereocenters. The average Bonchev–Trinajstić information content (AvgIpc) is 2.97. The lowest BCUT2D eigenvalue weighted by Crippen LogP contribution is -2.27. The number of allylic oxidation sites excluding steroid dienone is 3. The average molecular weight is 292 g/mol. The number of nitrogens with zero attached hydrogens (tertiary/aromatic N) is 1. The standard InChI is InChI=1S/C20H37N/c1-8-12-21(18(6)13-17(4)5)15-19-14-20(19,7)11-9-10-16(2)3/h10,17,19H,6,8-9,11-15H2,1-5,7H3. The van der Waals surface area contributed by atoms with Crippen LogP contribution in [-0.2, 0) is 0 Å². The summed E-state index contributed by atoms with van der Waals surface area (Å²) in [7, 11) is 0. The first-order valence-corrected chi connectivity index (χ1v) is 8.84. The van der Waals surface area contributed by atoms with Crippen LogP contribution in [0.3, 0.4) is 0 Å². The molecular weight excluding hydrogens is 254 g/mol. The molecule has 0 bridgehead atoms. The van der Waals surface area contributed by atoms with Gasteiger partial charge in [0.1, 0.15) is 0 Å². The van der Waals surface area contributed by atoms with Crippen molar-refractivity contribution < 1.29 is 0 Å². The Morgan fingerprint density at radius 2 is 2.05 bits per heavy atom. The maximum absolute atomic E-state index is 4.34. The zero-order valence-electron chi connectivity index (χ0n) is 15.3. The van der Waals surface area contributed by atoms with Gasteiger partial charge < -0.3 is 4.90 Å². The lowest BCUT2D eigenvalue weighted by Gasteiger charge is -2.28. The Bertz CT molecular complexity index is 362. The number of rotatable bonds is 10. The summed E-state index contributed by atoms with van der Waals surface area (Å²) >= 11 is 0. The molecule has 1 nitrogen and oxygen atoms in total. The van der Waals surface area contributed by atoms with Crippen molar-refractivity contribution in [2.45, 2.75) is 73.6 Å². The van der Waals surface area contributed by atoms with Gasteiger partial charge in [0.05, 0.1) is 0 Å². The molecule has 122 valence electrons. The van der Waals surface area contributed by atoms with E-state index < -0.39 is 0 Å². The molecule has 1 rings (SSSR count). The molecule has 0 amide bonds. The van der Waals surface area contributed by atoms with Crippen molar-refractivity contribution >= 4 is 0 Å². The minimum atomic E-state index is 0.579. The first kappa shape index (κ1) is 18.3. The predicted molar refractivity (Wildman–Crippen MR) is 95.3 cm³/mol. The van der Waals surface area contributed by atoms with Crippen molar-refractivity contribution in [2.75, 3.05) is 13.1 Å². The van der Waals surface area contributed by atoms with Crippen LogP contribution < -0.4 is 0 Å². The van der Waals surface area contributed by atoms with Gasteiger partial charge in [0.2, 0.25) is 0 Å². The minimum absolute atomic E-state index is 0.579. The molecule has 0 saturated heterocycles. The van der Waals surface area contributed by atoms with E-state index in [1.165, 1.54) is 50.0 Å². The van der Waals surface area contributed by atoms with E-state index in [0.29, 0.717) is 11.3 Å². The lowest BCUT2D eigenvalue weighted by molar-refractivity contribution is 0.287. The highest BCUT2D eigenvalue weighted by atomic mass is 15.1. The number of hydrogen-bond acceptors (Lipinski definition) is 1. The van der Waals surface area contributed by atoms with Crippen LogP contribution in [0.1, 0.15) is 73.6 Å². The molecule has 0 N–H and O–H groups in total. The summed E-state index contributed by atoms with van der Waals surface area (Å²) in [5, 5.41) is 0. The van der Waals surface area contributed by atoms with E-state index in [4.69, 9.17) is 0 Å². The molecule has 0 radical (unpaired) electrons. The molecule has 0 aromatic carbocycles. The molecule has 0 spiro atoms. The summed E-state index contributed by atoms with van der Waals surface area (Å²) in [6.07, 6.45) is 8.75. The topological polar surface area (TPSA) is 3.24 Å². The van der Waals surface area contributed by atoms with Crippen LogP contribution in [0.25, 0.3) is 0 Å². The normalized spacial score (nSPS) is 24.0. The quantitative estimate of drug-likeness (QED) is 0.444. The molecule has 1 aliphatic rings. The van der Waals surface area contributed by atoms with Gasteiger partial charge in [-0.05, 0) is 63.2 Å². The molecular formula is C20H37N. The predicted octanol–water partition coefficient (Wildman–Crippen LogP) is 6.03. The van der Waals surface area contributed by atoms with Crippen LogP contribution in [0, 0.1) is 17.3 Å². The fraction of sp³-hybridized carbons (Fsp3) is 0.800. The van der Waals surface area contributed by atoms with Gasteiger partial charge in [0, 0.05) is 18.8 Å². The highest BCUT2D eigenvalue weighted by molar-refractivity contribution is 5.05.